The van der Waals surface area contributed by atoms with E-state index in [2.05, 4.69) is 48.8 Å². The second kappa shape index (κ2) is 36.4. The maximum atomic E-state index is 12.0. The molecule has 0 bridgehead atoms. The van der Waals surface area contributed by atoms with Crippen molar-refractivity contribution in [3.63, 3.8) is 0 Å². The molecule has 88 heavy (non-hydrogen) atoms. The number of nitrogens with one attached hydrogen (secondary N) is 3. The predicted molar refractivity (Wildman–Crippen MR) is 311 cm³/mol. The van der Waals surface area contributed by atoms with Gasteiger partial charge in [-0.3, -0.25) is 9.59 Å². The summed E-state index contributed by atoms with van der Waals surface area (Å²) in [5.41, 5.74) is 18.7. The Morgan fingerprint density at radius 3 is 1.25 bits per heavy atom. The third kappa shape index (κ3) is 19.2. The predicted octanol–water partition coefficient (Wildman–Crippen LogP) is -7.09. The lowest BCUT2D eigenvalue weighted by Crippen LogP contribution is -2.69. The molecule has 0 aromatic heterocycles. The fourth-order valence-electron chi connectivity index (χ4n) is 11.1. The largest absolute Gasteiger partial charge is 0.394 e. The molecule has 2 amide bonds. The van der Waals surface area contributed by atoms with E-state index in [4.69, 9.17) is 74.0 Å². The molecule has 32 nitrogen and oxygen atoms in total. The van der Waals surface area contributed by atoms with E-state index in [0.717, 1.165) is 0 Å². The normalized spacial score (nSPS) is 43.7. The van der Waals surface area contributed by atoms with Crippen LogP contribution < -0.4 is 33.2 Å². The molecule has 0 radical (unpaired) electrons. The van der Waals surface area contributed by atoms with Gasteiger partial charge in [-0.05, 0) is 42.1 Å². The summed E-state index contributed by atoms with van der Waals surface area (Å²) in [5, 5.41) is 134. The number of hydrogen-bond donors (Lipinski definition) is 19. The lowest BCUT2D eigenvalue weighted by molar-refractivity contribution is -0.350. The molecule has 34 heteroatoms. The number of carbonyl (C=O) groups excluding carboxylic acids is 2. The highest BCUT2D eigenvalue weighted by Gasteiger charge is 2.56. The number of thiol groups is 1. The van der Waals surface area contributed by atoms with Gasteiger partial charge in [0.25, 0.3) is 0 Å². The Hall–Kier alpha value is -2.29. The molecule has 0 aromatic carbocycles. The summed E-state index contributed by atoms with van der Waals surface area (Å²) in [6.45, 7) is 10.2. The SMILES string of the molecule is C=C(CCCS)NC1C(OC2C(CO)OC(OC)C(N)C2O)OC(CO)C(OC2OC(CO)C(C)C(O)C2NC(C)=O)C1O.C=C1CCCS1.[CH2+]OC1OC(CO)C(OC2OC(CO)C(OC3OC(CO)C(C)C(O)C3NC(C)=O)C(O)C2N)C(O)C1N. The van der Waals surface area contributed by atoms with Gasteiger partial charge in [0.1, 0.15) is 91.4 Å². The zero-order chi connectivity index (χ0) is 65.4. The van der Waals surface area contributed by atoms with Gasteiger partial charge in [-0.2, -0.15) is 17.4 Å². The van der Waals surface area contributed by atoms with Crippen LogP contribution >= 0.6 is 24.4 Å². The molecule has 510 valence electrons. The van der Waals surface area contributed by atoms with Crippen molar-refractivity contribution in [2.45, 2.75) is 225 Å². The van der Waals surface area contributed by atoms with E-state index in [1.165, 1.54) is 44.5 Å². The maximum Gasteiger partial charge on any atom is 0.225 e. The van der Waals surface area contributed by atoms with Gasteiger partial charge < -0.3 is 147 Å². The Morgan fingerprint density at radius 1 is 0.568 bits per heavy atom. The number of rotatable bonds is 23. The van der Waals surface area contributed by atoms with Crippen LogP contribution in [0.25, 0.3) is 0 Å². The zero-order valence-electron chi connectivity index (χ0n) is 50.1. The van der Waals surface area contributed by atoms with Crippen LogP contribution in [0.3, 0.4) is 0 Å². The first kappa shape index (κ1) is 76.4. The highest BCUT2D eigenvalue weighted by Crippen LogP contribution is 2.36. The van der Waals surface area contributed by atoms with E-state index in [-0.39, 0.29) is 0 Å². The molecule has 7 aliphatic heterocycles. The molecule has 7 saturated heterocycles. The van der Waals surface area contributed by atoms with Crippen LogP contribution in [-0.4, -0.2) is 303 Å². The Labute approximate surface area is 521 Å². The van der Waals surface area contributed by atoms with Crippen LogP contribution in [0.4, 0.5) is 0 Å². The lowest BCUT2D eigenvalue weighted by Gasteiger charge is -2.50. The molecule has 0 saturated carbocycles. The number of allylic oxidation sites excluding steroid dienone is 2. The Morgan fingerprint density at radius 2 is 0.909 bits per heavy atom. The van der Waals surface area contributed by atoms with Crippen LogP contribution in [0.15, 0.2) is 23.8 Å². The molecule has 0 aromatic rings. The van der Waals surface area contributed by atoms with Crippen molar-refractivity contribution in [3.05, 3.63) is 30.9 Å². The molecular formula is C54H97N6O26S2+. The van der Waals surface area contributed by atoms with E-state index in [1.54, 1.807) is 13.8 Å². The summed E-state index contributed by atoms with van der Waals surface area (Å²) in [7, 11) is 4.56. The van der Waals surface area contributed by atoms with E-state index >= 15 is 0 Å². The number of carbonyl (C=O) groups is 2. The number of nitrogens with two attached hydrogens (primary N) is 3. The van der Waals surface area contributed by atoms with Gasteiger partial charge in [-0.1, -0.05) is 27.0 Å². The second-order valence-electron chi connectivity index (χ2n) is 22.6. The van der Waals surface area contributed by atoms with E-state index in [9.17, 15) is 70.9 Å². The molecule has 7 heterocycles. The quantitative estimate of drug-likeness (QED) is 0.0334. The third-order valence-electron chi connectivity index (χ3n) is 16.3. The van der Waals surface area contributed by atoms with E-state index < -0.39 is 235 Å². The molecule has 0 aliphatic carbocycles. The fraction of sp³-hybridized carbons (Fsp3) is 0.870. The maximum absolute atomic E-state index is 12.0. The Balaban J connectivity index is 0.000000294. The monoisotopic (exact) mass is 1310 g/mol. The summed E-state index contributed by atoms with van der Waals surface area (Å²) < 4.78 is 68.5. The highest BCUT2D eigenvalue weighted by atomic mass is 32.2. The fourth-order valence-corrected chi connectivity index (χ4v) is 12.2. The first-order chi connectivity index (χ1) is 41.8. The van der Waals surface area contributed by atoms with Crippen LogP contribution in [-0.2, 0) is 66.4 Å². The minimum atomic E-state index is -1.55. The average Bonchev–Trinajstić information content (AvgIpc) is 0.936. The molecule has 30 unspecified atom stereocenters. The molecular weight excluding hydrogens is 1210 g/mol. The highest BCUT2D eigenvalue weighted by molar-refractivity contribution is 8.03. The number of amides is 2. The molecule has 7 aliphatic rings. The van der Waals surface area contributed by atoms with Gasteiger partial charge in [0.2, 0.25) is 25.2 Å². The van der Waals surface area contributed by atoms with Crippen LogP contribution in [0.2, 0.25) is 0 Å². The molecule has 7 fully saturated rings. The minimum Gasteiger partial charge on any atom is -0.394 e. The van der Waals surface area contributed by atoms with Crippen LogP contribution in [0.1, 0.15) is 53.4 Å². The van der Waals surface area contributed by atoms with Crippen LogP contribution in [0, 0.1) is 18.9 Å². The van der Waals surface area contributed by atoms with Gasteiger partial charge in [0, 0.05) is 38.5 Å². The number of aliphatic hydroxyl groups is 12. The number of aliphatic hydroxyl groups excluding tert-OH is 12. The first-order valence-electron chi connectivity index (χ1n) is 29.2. The topological polar surface area (TPSA) is 502 Å². The van der Waals surface area contributed by atoms with E-state index in [0.29, 0.717) is 24.3 Å². The number of hydrogen-bond acceptors (Lipinski definition) is 32. The number of thioether (sulfide) groups is 1. The van der Waals surface area contributed by atoms with Gasteiger partial charge in [0.15, 0.2) is 31.5 Å². The van der Waals surface area contributed by atoms with Crippen molar-refractivity contribution < 1.29 is 128 Å². The molecule has 0 spiro atoms. The van der Waals surface area contributed by atoms with Crippen LogP contribution in [0.5, 0.6) is 0 Å². The van der Waals surface area contributed by atoms with Crippen molar-refractivity contribution >= 4 is 36.2 Å². The number of methoxy groups -OCH3 is 1. The first-order valence-corrected chi connectivity index (χ1v) is 30.8. The molecule has 30 atom stereocenters. The van der Waals surface area contributed by atoms with Gasteiger partial charge in [0.05, 0.1) is 82.2 Å². The van der Waals surface area contributed by atoms with Crippen molar-refractivity contribution in [1.29, 1.82) is 0 Å². The second-order valence-corrected chi connectivity index (χ2v) is 24.3. The van der Waals surface area contributed by atoms with Crippen molar-refractivity contribution in [2.24, 2.45) is 29.0 Å². The summed E-state index contributed by atoms with van der Waals surface area (Å²) in [6, 6.07) is -6.75. The zero-order valence-corrected chi connectivity index (χ0v) is 51.8. The summed E-state index contributed by atoms with van der Waals surface area (Å²) in [6.07, 6.45) is -23.6. The standard InChI is InChI=1S/C27H49N3O13S.C22H39N3O13.C5H8S/c1-11(6-5-7-44)29-19-22(37)24(43-26-18(30-13(3)34)20(35)12(2)14(8-31)39-26)16(10-33)41-27(19)42-23-15(9-32)40-25(38-4)17(28)21(23)36;1-7-9(4-26)34-22(14(15(7)30)25-8(2)29)38-19-11(6-28)36-21(13(24)17(19)32)37-18-10(5-27)35-20(33-3)12(23)16(18)31;1-5-3-2-4-6-5/h12,14-27,29,31-33,35-37,44H,1,5-10,28H2,2-4H3,(H,30,34);7,9-22,26-28,30-32H,3-6,23-24H2,1-2H3;1-4H2/p+1. The summed E-state index contributed by atoms with van der Waals surface area (Å²) in [5.74, 6) is -0.231. The minimum absolute atomic E-state index is 0.451. The smallest absolute Gasteiger partial charge is 0.225 e. The molecule has 7 rings (SSSR count). The van der Waals surface area contributed by atoms with Crippen molar-refractivity contribution in [3.8, 4) is 0 Å². The molecule has 21 N–H and O–H groups in total. The number of ether oxygens (including phenoxy) is 12. The summed E-state index contributed by atoms with van der Waals surface area (Å²) in [4.78, 5) is 25.1. The van der Waals surface area contributed by atoms with Crippen molar-refractivity contribution in [2.75, 3.05) is 58.3 Å². The van der Waals surface area contributed by atoms with Gasteiger partial charge in [-0.15, -0.1) is 11.8 Å². The van der Waals surface area contributed by atoms with Gasteiger partial charge in [-0.25, -0.2) is 0 Å². The van der Waals surface area contributed by atoms with E-state index in [1.807, 2.05) is 11.8 Å². The average molecular weight is 1310 g/mol. The lowest BCUT2D eigenvalue weighted by atomic mass is 9.89. The van der Waals surface area contributed by atoms with Gasteiger partial charge >= 0.3 is 0 Å². The van der Waals surface area contributed by atoms with Crippen molar-refractivity contribution in [1.82, 2.24) is 16.0 Å². The Bertz CT molecular complexity index is 2120. The summed E-state index contributed by atoms with van der Waals surface area (Å²) >= 11 is 6.13. The Kier molecular flexibility index (Phi) is 31.6. The third-order valence-corrected chi connectivity index (χ3v) is 17.7.